The minimum atomic E-state index is -1.11. The molecule has 0 amide bonds. The van der Waals surface area contributed by atoms with Crippen LogP contribution in [-0.2, 0) is 16.1 Å². The number of hydrogen-bond acceptors (Lipinski definition) is 3. The predicted octanol–water partition coefficient (Wildman–Crippen LogP) is 2.22. The summed E-state index contributed by atoms with van der Waals surface area (Å²) in [4.78, 5) is 24.7. The van der Waals surface area contributed by atoms with Crippen molar-refractivity contribution in [3.05, 3.63) is 35.9 Å². The van der Waals surface area contributed by atoms with E-state index >= 15 is 0 Å². The maximum absolute atomic E-state index is 11.5. The van der Waals surface area contributed by atoms with Crippen LogP contribution in [-0.4, -0.2) is 40.1 Å². The Morgan fingerprint density at radius 1 is 1.10 bits per heavy atom. The number of nitrogens with zero attached hydrogens (tertiary/aromatic N) is 1. The third-order valence-electron chi connectivity index (χ3n) is 4.23. The van der Waals surface area contributed by atoms with Crippen LogP contribution in [0, 0.1) is 5.41 Å². The van der Waals surface area contributed by atoms with Crippen molar-refractivity contribution < 1.29 is 19.8 Å². The minimum absolute atomic E-state index is 0.290. The maximum atomic E-state index is 11.5. The highest BCUT2D eigenvalue weighted by Gasteiger charge is 2.41. The van der Waals surface area contributed by atoms with Crippen LogP contribution >= 0.6 is 0 Å². The summed E-state index contributed by atoms with van der Waals surface area (Å²) in [5, 5.41) is 18.5. The van der Waals surface area contributed by atoms with Crippen LogP contribution in [0.15, 0.2) is 30.3 Å². The van der Waals surface area contributed by atoms with E-state index in [-0.39, 0.29) is 6.42 Å². The fourth-order valence-corrected chi connectivity index (χ4v) is 3.01. The van der Waals surface area contributed by atoms with E-state index in [2.05, 4.69) is 4.90 Å². The van der Waals surface area contributed by atoms with Crippen LogP contribution in [0.3, 0.4) is 0 Å². The summed E-state index contributed by atoms with van der Waals surface area (Å²) >= 11 is 0. The van der Waals surface area contributed by atoms with Crippen molar-refractivity contribution in [2.24, 2.45) is 5.41 Å². The number of rotatable bonds is 5. The average molecular weight is 291 g/mol. The molecule has 1 aromatic rings. The van der Waals surface area contributed by atoms with E-state index in [9.17, 15) is 14.7 Å². The molecule has 1 aromatic carbocycles. The first kappa shape index (κ1) is 15.5. The molecule has 2 N–H and O–H groups in total. The summed E-state index contributed by atoms with van der Waals surface area (Å²) in [7, 11) is 0. The summed E-state index contributed by atoms with van der Waals surface area (Å²) in [5.74, 6) is -2.01. The Labute approximate surface area is 124 Å². The number of carboxylic acids is 2. The molecule has 1 unspecified atom stereocenters. The highest BCUT2D eigenvalue weighted by atomic mass is 16.4. The molecule has 1 aliphatic rings. The average Bonchev–Trinajstić information content (AvgIpc) is 2.63. The molecule has 0 radical (unpaired) electrons. The van der Waals surface area contributed by atoms with Gasteiger partial charge in [-0.25, -0.2) is 0 Å². The number of benzene rings is 1. The van der Waals surface area contributed by atoms with Crippen molar-refractivity contribution in [1.29, 1.82) is 0 Å². The van der Waals surface area contributed by atoms with Gasteiger partial charge in [0.1, 0.15) is 0 Å². The Morgan fingerprint density at radius 2 is 1.81 bits per heavy atom. The number of carbonyl (C=O) groups is 2. The lowest BCUT2D eigenvalue weighted by atomic mass is 9.78. The van der Waals surface area contributed by atoms with Gasteiger partial charge in [-0.15, -0.1) is 0 Å². The van der Waals surface area contributed by atoms with Crippen LogP contribution in [0.25, 0.3) is 0 Å². The zero-order valence-electron chi connectivity index (χ0n) is 12.0. The van der Waals surface area contributed by atoms with Crippen molar-refractivity contribution in [3.63, 3.8) is 0 Å². The third-order valence-corrected chi connectivity index (χ3v) is 4.23. The smallest absolute Gasteiger partial charge is 0.310 e. The van der Waals surface area contributed by atoms with Crippen molar-refractivity contribution >= 4 is 11.9 Å². The molecule has 5 nitrogen and oxygen atoms in total. The van der Waals surface area contributed by atoms with Crippen molar-refractivity contribution in [1.82, 2.24) is 4.90 Å². The van der Waals surface area contributed by atoms with Gasteiger partial charge in [0.2, 0.25) is 0 Å². The van der Waals surface area contributed by atoms with Gasteiger partial charge in [-0.3, -0.25) is 14.5 Å². The number of carboxylic acid groups (broad SMARTS) is 2. The van der Waals surface area contributed by atoms with Crippen molar-refractivity contribution in [2.75, 3.05) is 13.1 Å². The second-order valence-corrected chi connectivity index (χ2v) is 5.77. The molecule has 1 atom stereocenters. The molecule has 1 heterocycles. The second-order valence-electron chi connectivity index (χ2n) is 5.77. The molecule has 5 heteroatoms. The van der Waals surface area contributed by atoms with Gasteiger partial charge in [0.25, 0.3) is 0 Å². The summed E-state index contributed by atoms with van der Waals surface area (Å²) < 4.78 is 0. The van der Waals surface area contributed by atoms with Gasteiger partial charge in [0.15, 0.2) is 0 Å². The van der Waals surface area contributed by atoms with E-state index in [0.717, 1.165) is 13.1 Å². The topological polar surface area (TPSA) is 77.8 Å². The van der Waals surface area contributed by atoms with Crippen LogP contribution in [0.2, 0.25) is 0 Å². The predicted molar refractivity (Wildman–Crippen MR) is 77.9 cm³/mol. The van der Waals surface area contributed by atoms with Gasteiger partial charge in [-0.2, -0.15) is 0 Å². The van der Waals surface area contributed by atoms with Crippen molar-refractivity contribution in [2.45, 2.75) is 32.2 Å². The second kappa shape index (κ2) is 6.72. The Morgan fingerprint density at radius 3 is 2.43 bits per heavy atom. The maximum Gasteiger partial charge on any atom is 0.310 e. The van der Waals surface area contributed by atoms with E-state index in [1.165, 1.54) is 5.56 Å². The zero-order valence-corrected chi connectivity index (χ0v) is 12.0. The highest BCUT2D eigenvalue weighted by molar-refractivity contribution is 5.81. The van der Waals surface area contributed by atoms with Gasteiger partial charge < -0.3 is 10.2 Å². The van der Waals surface area contributed by atoms with Crippen LogP contribution in [0.5, 0.6) is 0 Å². The lowest BCUT2D eigenvalue weighted by Gasteiger charge is -2.26. The van der Waals surface area contributed by atoms with E-state index in [1.54, 1.807) is 0 Å². The minimum Gasteiger partial charge on any atom is -0.481 e. The Hall–Kier alpha value is -1.88. The van der Waals surface area contributed by atoms with E-state index < -0.39 is 17.4 Å². The molecule has 0 bridgehead atoms. The third kappa shape index (κ3) is 4.04. The fourth-order valence-electron chi connectivity index (χ4n) is 3.01. The Kier molecular flexibility index (Phi) is 4.96. The lowest BCUT2D eigenvalue weighted by Crippen LogP contribution is -2.35. The Bertz CT molecular complexity index is 502. The SMILES string of the molecule is O=C(O)CC1(C(=O)O)CCCN(Cc2ccccc2)CC1. The van der Waals surface area contributed by atoms with E-state index in [4.69, 9.17) is 5.11 Å². The number of likely N-dealkylation sites (tertiary alicyclic amines) is 1. The quantitative estimate of drug-likeness (QED) is 0.869. The molecular weight excluding hydrogens is 270 g/mol. The zero-order chi connectivity index (χ0) is 15.3. The van der Waals surface area contributed by atoms with Gasteiger partial charge >= 0.3 is 11.9 Å². The fraction of sp³-hybridized carbons (Fsp3) is 0.500. The summed E-state index contributed by atoms with van der Waals surface area (Å²) in [6.07, 6.45) is 1.25. The van der Waals surface area contributed by atoms with Gasteiger partial charge in [-0.05, 0) is 37.9 Å². The molecule has 114 valence electrons. The standard InChI is InChI=1S/C16H21NO4/c18-14(19)11-16(15(20)21)7-4-9-17(10-8-16)12-13-5-2-1-3-6-13/h1-3,5-6H,4,7-12H2,(H,18,19)(H,20,21). The first-order valence-corrected chi connectivity index (χ1v) is 7.23. The monoisotopic (exact) mass is 291 g/mol. The van der Waals surface area contributed by atoms with Gasteiger partial charge in [0, 0.05) is 6.54 Å². The molecule has 1 saturated heterocycles. The molecule has 0 saturated carbocycles. The van der Waals surface area contributed by atoms with Crippen molar-refractivity contribution in [3.8, 4) is 0 Å². The molecule has 0 aliphatic carbocycles. The Balaban J connectivity index is 2.03. The summed E-state index contributed by atoms with van der Waals surface area (Å²) in [6.45, 7) is 2.21. The normalized spacial score (nSPS) is 23.4. The first-order valence-electron chi connectivity index (χ1n) is 7.23. The first-order chi connectivity index (χ1) is 10.0. The highest BCUT2D eigenvalue weighted by Crippen LogP contribution is 2.35. The lowest BCUT2D eigenvalue weighted by molar-refractivity contribution is -0.156. The van der Waals surface area contributed by atoms with Crippen LogP contribution < -0.4 is 0 Å². The van der Waals surface area contributed by atoms with Gasteiger partial charge in [-0.1, -0.05) is 30.3 Å². The largest absolute Gasteiger partial charge is 0.481 e. The molecule has 0 aromatic heterocycles. The molecule has 1 aliphatic heterocycles. The van der Waals surface area contributed by atoms with E-state index in [1.807, 2.05) is 30.3 Å². The molecule has 2 rings (SSSR count). The molecule has 0 spiro atoms. The summed E-state index contributed by atoms with van der Waals surface area (Å²) in [6, 6.07) is 10.0. The molecule has 21 heavy (non-hydrogen) atoms. The van der Waals surface area contributed by atoms with Gasteiger partial charge in [0.05, 0.1) is 11.8 Å². The van der Waals surface area contributed by atoms with Crippen LogP contribution in [0.1, 0.15) is 31.2 Å². The number of aliphatic carboxylic acids is 2. The van der Waals surface area contributed by atoms with E-state index in [0.29, 0.717) is 25.8 Å². The number of hydrogen-bond donors (Lipinski definition) is 2. The molecular formula is C16H21NO4. The molecule has 1 fully saturated rings. The van der Waals surface area contributed by atoms with Crippen LogP contribution in [0.4, 0.5) is 0 Å². The summed E-state index contributed by atoms with van der Waals surface area (Å²) in [5.41, 5.74) is 0.0793.